The molecular weight excluding hydrogens is 206 g/mol. The maximum absolute atomic E-state index is 12.8. The molecule has 1 heterocycles. The number of nitrogens with one attached hydrogen (secondary N) is 2. The van der Waals surface area contributed by atoms with Crippen LogP contribution in [0.3, 0.4) is 0 Å². The van der Waals surface area contributed by atoms with E-state index in [4.69, 9.17) is 0 Å². The van der Waals surface area contributed by atoms with Crippen molar-refractivity contribution in [3.63, 3.8) is 0 Å². The number of urea groups is 1. The minimum atomic E-state index is -2.64. The van der Waals surface area contributed by atoms with Crippen LogP contribution in [0.1, 0.15) is 25.7 Å². The Morgan fingerprint density at radius 2 is 1.67 bits per heavy atom. The molecule has 82 valence electrons. The van der Waals surface area contributed by atoms with Gasteiger partial charge >= 0.3 is 6.03 Å². The van der Waals surface area contributed by atoms with Crippen LogP contribution < -0.4 is 10.6 Å². The number of carbonyl (C=O) groups excluding carboxylic acids is 2. The van der Waals surface area contributed by atoms with E-state index in [-0.39, 0.29) is 31.4 Å². The van der Waals surface area contributed by atoms with Gasteiger partial charge in [0.15, 0.2) is 0 Å². The second kappa shape index (κ2) is 3.29. The number of carbonyl (C=O) groups is 2. The first-order valence-corrected chi connectivity index (χ1v) is 4.70. The maximum Gasteiger partial charge on any atom is 0.326 e. The molecule has 1 saturated heterocycles. The lowest BCUT2D eigenvalue weighted by molar-refractivity contribution is -0.115. The van der Waals surface area contributed by atoms with E-state index in [0.29, 0.717) is 5.57 Å². The molecule has 4 nitrogen and oxygen atoms in total. The van der Waals surface area contributed by atoms with Gasteiger partial charge in [0.2, 0.25) is 5.92 Å². The van der Waals surface area contributed by atoms with Crippen molar-refractivity contribution in [1.82, 2.24) is 10.6 Å². The molecule has 0 aromatic carbocycles. The van der Waals surface area contributed by atoms with Gasteiger partial charge in [0.05, 0.1) is 0 Å². The van der Waals surface area contributed by atoms with Crippen molar-refractivity contribution >= 4 is 11.9 Å². The minimum Gasteiger partial charge on any atom is -0.303 e. The van der Waals surface area contributed by atoms with E-state index in [2.05, 4.69) is 10.6 Å². The highest BCUT2D eigenvalue weighted by atomic mass is 19.3. The summed E-state index contributed by atoms with van der Waals surface area (Å²) in [6.07, 6.45) is -0.184. The summed E-state index contributed by atoms with van der Waals surface area (Å²) in [5.74, 6) is -3.15. The molecule has 1 aliphatic heterocycles. The average molecular weight is 216 g/mol. The monoisotopic (exact) mass is 216 g/mol. The van der Waals surface area contributed by atoms with Gasteiger partial charge in [0.25, 0.3) is 5.91 Å². The second-order valence-electron chi connectivity index (χ2n) is 3.74. The van der Waals surface area contributed by atoms with Gasteiger partial charge in [-0.3, -0.25) is 10.1 Å². The van der Waals surface area contributed by atoms with Crippen molar-refractivity contribution in [1.29, 1.82) is 0 Å². The Balaban J connectivity index is 2.15. The number of rotatable bonds is 0. The van der Waals surface area contributed by atoms with Crippen LogP contribution in [0.2, 0.25) is 0 Å². The molecule has 2 rings (SSSR count). The molecule has 6 heteroatoms. The Labute approximate surface area is 84.7 Å². The normalized spacial score (nSPS) is 25.2. The number of halogens is 2. The fourth-order valence-electron chi connectivity index (χ4n) is 1.78. The van der Waals surface area contributed by atoms with E-state index in [1.807, 2.05) is 0 Å². The van der Waals surface area contributed by atoms with E-state index in [0.717, 1.165) is 0 Å². The van der Waals surface area contributed by atoms with Crippen LogP contribution in [0, 0.1) is 0 Å². The molecule has 1 aliphatic carbocycles. The van der Waals surface area contributed by atoms with Crippen molar-refractivity contribution in [2.45, 2.75) is 31.6 Å². The van der Waals surface area contributed by atoms with Gasteiger partial charge in [-0.2, -0.15) is 0 Å². The predicted molar refractivity (Wildman–Crippen MR) is 47.1 cm³/mol. The average Bonchev–Trinajstić information content (AvgIpc) is 2.45. The van der Waals surface area contributed by atoms with Gasteiger partial charge in [0, 0.05) is 12.8 Å². The molecule has 0 spiro atoms. The summed E-state index contributed by atoms with van der Waals surface area (Å²) in [5.41, 5.74) is 0.778. The van der Waals surface area contributed by atoms with Crippen LogP contribution in [-0.4, -0.2) is 17.9 Å². The van der Waals surface area contributed by atoms with E-state index in [9.17, 15) is 18.4 Å². The molecule has 0 unspecified atom stereocenters. The van der Waals surface area contributed by atoms with Crippen molar-refractivity contribution in [2.75, 3.05) is 0 Å². The van der Waals surface area contributed by atoms with Gasteiger partial charge in [-0.1, -0.05) is 0 Å². The number of hydrogen-bond donors (Lipinski definition) is 2. The zero-order chi connectivity index (χ0) is 11.1. The smallest absolute Gasteiger partial charge is 0.303 e. The van der Waals surface area contributed by atoms with Crippen LogP contribution >= 0.6 is 0 Å². The fraction of sp³-hybridized carbons (Fsp3) is 0.556. The molecule has 0 aromatic rings. The lowest BCUT2D eigenvalue weighted by Crippen LogP contribution is -2.23. The number of amides is 3. The third kappa shape index (κ3) is 1.98. The predicted octanol–water partition coefficient (Wildman–Crippen LogP) is 1.29. The second-order valence-corrected chi connectivity index (χ2v) is 3.74. The maximum atomic E-state index is 12.8. The number of imide groups is 1. The summed E-state index contributed by atoms with van der Waals surface area (Å²) in [5, 5.41) is 4.39. The zero-order valence-corrected chi connectivity index (χ0v) is 7.90. The first-order valence-electron chi connectivity index (χ1n) is 4.70. The van der Waals surface area contributed by atoms with Crippen molar-refractivity contribution in [2.24, 2.45) is 0 Å². The van der Waals surface area contributed by atoms with Crippen molar-refractivity contribution < 1.29 is 18.4 Å². The molecule has 0 bridgehead atoms. The summed E-state index contributed by atoms with van der Waals surface area (Å²) in [7, 11) is 0. The van der Waals surface area contributed by atoms with Gasteiger partial charge < -0.3 is 5.32 Å². The van der Waals surface area contributed by atoms with Gasteiger partial charge in [-0.05, 0) is 18.4 Å². The summed E-state index contributed by atoms with van der Waals surface area (Å²) >= 11 is 0. The van der Waals surface area contributed by atoms with E-state index >= 15 is 0 Å². The molecule has 1 saturated carbocycles. The Kier molecular flexibility index (Phi) is 2.21. The lowest BCUT2D eigenvalue weighted by atomic mass is 9.90. The third-order valence-corrected chi connectivity index (χ3v) is 2.63. The number of hydrogen-bond acceptors (Lipinski definition) is 2. The van der Waals surface area contributed by atoms with Gasteiger partial charge in [-0.15, -0.1) is 0 Å². The molecule has 2 N–H and O–H groups in total. The molecular formula is C9H10F2N2O2. The standard InChI is InChI=1S/C9H10F2N2O2/c10-9(11)3-1-5(2-4-9)6-7(14)13-8(15)12-6/h1-4H2,(H2,12,13,14,15). The summed E-state index contributed by atoms with van der Waals surface area (Å²) in [6.45, 7) is 0. The van der Waals surface area contributed by atoms with Crippen molar-refractivity contribution in [3.8, 4) is 0 Å². The van der Waals surface area contributed by atoms with Crippen molar-refractivity contribution in [3.05, 3.63) is 11.3 Å². The van der Waals surface area contributed by atoms with Crippen LogP contribution in [0.5, 0.6) is 0 Å². The SMILES string of the molecule is O=C1NC(=O)C(=C2CCC(F)(F)CC2)N1. The first kappa shape index (κ1) is 10.1. The van der Waals surface area contributed by atoms with E-state index < -0.39 is 17.9 Å². The Morgan fingerprint density at radius 1 is 1.07 bits per heavy atom. The number of alkyl halides is 2. The van der Waals surface area contributed by atoms with Crippen LogP contribution in [0.15, 0.2) is 11.3 Å². The molecule has 0 radical (unpaired) electrons. The Bertz CT molecular complexity index is 351. The van der Waals surface area contributed by atoms with Crippen LogP contribution in [0.25, 0.3) is 0 Å². The van der Waals surface area contributed by atoms with Crippen LogP contribution in [-0.2, 0) is 4.79 Å². The molecule has 0 atom stereocenters. The summed E-state index contributed by atoms with van der Waals surface area (Å²) in [4.78, 5) is 22.0. The summed E-state index contributed by atoms with van der Waals surface area (Å²) < 4.78 is 25.7. The highest BCUT2D eigenvalue weighted by Gasteiger charge is 2.36. The minimum absolute atomic E-state index is 0.163. The summed E-state index contributed by atoms with van der Waals surface area (Å²) in [6, 6.07) is -0.583. The quantitative estimate of drug-likeness (QED) is 0.473. The molecule has 2 fully saturated rings. The highest BCUT2D eigenvalue weighted by Crippen LogP contribution is 2.36. The highest BCUT2D eigenvalue weighted by molar-refractivity contribution is 6.12. The number of allylic oxidation sites excluding steroid dienone is 1. The zero-order valence-electron chi connectivity index (χ0n) is 7.90. The van der Waals surface area contributed by atoms with Crippen LogP contribution in [0.4, 0.5) is 13.6 Å². The Morgan fingerprint density at radius 3 is 2.13 bits per heavy atom. The van der Waals surface area contributed by atoms with Gasteiger partial charge in [0.1, 0.15) is 5.70 Å². The lowest BCUT2D eigenvalue weighted by Gasteiger charge is -2.23. The largest absolute Gasteiger partial charge is 0.326 e. The topological polar surface area (TPSA) is 58.2 Å². The van der Waals surface area contributed by atoms with E-state index in [1.165, 1.54) is 0 Å². The third-order valence-electron chi connectivity index (χ3n) is 2.63. The van der Waals surface area contributed by atoms with Gasteiger partial charge in [-0.25, -0.2) is 13.6 Å². The Hall–Kier alpha value is -1.46. The molecule has 15 heavy (non-hydrogen) atoms. The fourth-order valence-corrected chi connectivity index (χ4v) is 1.78. The molecule has 3 amide bonds. The molecule has 2 aliphatic rings. The molecule has 0 aromatic heterocycles. The van der Waals surface area contributed by atoms with E-state index in [1.54, 1.807) is 0 Å². The first-order chi connectivity index (χ1) is 6.98.